The molecule has 0 aliphatic carbocycles. The lowest BCUT2D eigenvalue weighted by Gasteiger charge is -1.92. The molecule has 0 saturated carbocycles. The van der Waals surface area contributed by atoms with Crippen molar-refractivity contribution < 1.29 is 0 Å². The summed E-state index contributed by atoms with van der Waals surface area (Å²) in [6, 6.07) is 0. The van der Waals surface area contributed by atoms with E-state index in [2.05, 4.69) is 23.4 Å². The Kier molecular flexibility index (Phi) is 8.41. The number of hydrogen-bond donors (Lipinski definition) is 0. The smallest absolute Gasteiger partial charge is 0.0853 e. The van der Waals surface area contributed by atoms with Crippen LogP contribution < -0.4 is 0 Å². The molecule has 0 aromatic rings. The Balaban J connectivity index is 4.83. The molecule has 0 aromatic heterocycles. The third-order valence-electron chi connectivity index (χ3n) is 1.58. The van der Waals surface area contributed by atoms with Crippen LogP contribution in [0, 0.1) is 0 Å². The molecule has 0 fully saturated rings. The second-order valence-electron chi connectivity index (χ2n) is 2.85. The van der Waals surface area contributed by atoms with Crippen molar-refractivity contribution in [3.63, 3.8) is 0 Å². The van der Waals surface area contributed by atoms with Crippen molar-refractivity contribution in [1.82, 2.24) is 0 Å². The highest BCUT2D eigenvalue weighted by Gasteiger charge is 1.87. The molecule has 0 bridgehead atoms. The van der Waals surface area contributed by atoms with E-state index in [9.17, 15) is 0 Å². The summed E-state index contributed by atoms with van der Waals surface area (Å²) in [6.45, 7) is 11.2. The van der Waals surface area contributed by atoms with Crippen LogP contribution in [0.1, 0.15) is 13.8 Å². The standard InChI is InChI=1S/C14H18N2/c1-5-9-12-13(8-4)15-16-14(10-6-2)11-7-3/h5-12H,2,4H2,1,3H3/b9-5-,11-7-,13-12+,14-10+,16-15-. The fourth-order valence-corrected chi connectivity index (χ4v) is 0.866. The average molecular weight is 214 g/mol. The van der Waals surface area contributed by atoms with E-state index in [1.165, 1.54) is 0 Å². The van der Waals surface area contributed by atoms with Crippen LogP contribution in [-0.2, 0) is 0 Å². The molecule has 0 aliphatic heterocycles. The number of azo groups is 1. The first kappa shape index (κ1) is 14.0. The van der Waals surface area contributed by atoms with E-state index in [0.717, 1.165) is 11.4 Å². The van der Waals surface area contributed by atoms with Crippen LogP contribution in [0.5, 0.6) is 0 Å². The molecule has 0 saturated heterocycles. The summed E-state index contributed by atoms with van der Waals surface area (Å²) in [4.78, 5) is 0. The molecular weight excluding hydrogens is 196 g/mol. The van der Waals surface area contributed by atoms with E-state index in [1.807, 2.05) is 44.2 Å². The molecule has 0 heterocycles. The summed E-state index contributed by atoms with van der Waals surface area (Å²) in [6.07, 6.45) is 14.5. The second-order valence-corrected chi connectivity index (χ2v) is 2.85. The largest absolute Gasteiger partial charge is 0.151 e. The van der Waals surface area contributed by atoms with Gasteiger partial charge >= 0.3 is 0 Å². The summed E-state index contributed by atoms with van der Waals surface area (Å²) < 4.78 is 0. The maximum absolute atomic E-state index is 4.08. The Labute approximate surface area is 97.8 Å². The Morgan fingerprint density at radius 1 is 0.938 bits per heavy atom. The molecular formula is C14H18N2. The Morgan fingerprint density at radius 2 is 1.62 bits per heavy atom. The summed E-state index contributed by atoms with van der Waals surface area (Å²) in [5, 5.41) is 8.15. The van der Waals surface area contributed by atoms with Crippen molar-refractivity contribution in [2.75, 3.05) is 0 Å². The highest BCUT2D eigenvalue weighted by Crippen LogP contribution is 2.06. The van der Waals surface area contributed by atoms with Gasteiger partial charge in [0.1, 0.15) is 0 Å². The fraction of sp³-hybridized carbons (Fsp3) is 0.143. The molecule has 0 spiro atoms. The van der Waals surface area contributed by atoms with Crippen molar-refractivity contribution in [3.05, 3.63) is 73.2 Å². The molecule has 84 valence electrons. The van der Waals surface area contributed by atoms with E-state index in [4.69, 9.17) is 0 Å². The highest BCUT2D eigenvalue weighted by atomic mass is 15.1. The Hall–Kier alpha value is -1.96. The van der Waals surface area contributed by atoms with Gasteiger partial charge in [0.15, 0.2) is 0 Å². The van der Waals surface area contributed by atoms with Crippen LogP contribution in [0.15, 0.2) is 83.4 Å². The van der Waals surface area contributed by atoms with Gasteiger partial charge in [0.25, 0.3) is 0 Å². The predicted molar refractivity (Wildman–Crippen MR) is 71.0 cm³/mol. The molecule has 0 aromatic carbocycles. The quantitative estimate of drug-likeness (QED) is 0.451. The number of nitrogens with zero attached hydrogens (tertiary/aromatic N) is 2. The topological polar surface area (TPSA) is 24.7 Å². The van der Waals surface area contributed by atoms with Crippen molar-refractivity contribution in [1.29, 1.82) is 0 Å². The molecule has 2 heteroatoms. The number of allylic oxidation sites excluding steroid dienone is 8. The van der Waals surface area contributed by atoms with Crippen molar-refractivity contribution in [2.45, 2.75) is 13.8 Å². The normalized spacial score (nSPS) is 14.1. The maximum Gasteiger partial charge on any atom is 0.0853 e. The van der Waals surface area contributed by atoms with Crippen LogP contribution in [0.25, 0.3) is 0 Å². The lowest BCUT2D eigenvalue weighted by Crippen LogP contribution is -1.72. The van der Waals surface area contributed by atoms with E-state index < -0.39 is 0 Å². The summed E-state index contributed by atoms with van der Waals surface area (Å²) in [7, 11) is 0. The van der Waals surface area contributed by atoms with Gasteiger partial charge in [-0.2, -0.15) is 10.2 Å². The van der Waals surface area contributed by atoms with Crippen LogP contribution in [-0.4, -0.2) is 0 Å². The van der Waals surface area contributed by atoms with Gasteiger partial charge in [0.2, 0.25) is 0 Å². The Bertz CT molecular complexity index is 366. The number of rotatable bonds is 6. The minimum Gasteiger partial charge on any atom is -0.151 e. The van der Waals surface area contributed by atoms with Gasteiger partial charge in [-0.1, -0.05) is 37.5 Å². The fourth-order valence-electron chi connectivity index (χ4n) is 0.866. The second kappa shape index (κ2) is 9.59. The molecule has 0 atom stereocenters. The van der Waals surface area contributed by atoms with E-state index >= 15 is 0 Å². The van der Waals surface area contributed by atoms with Crippen LogP contribution in [0.2, 0.25) is 0 Å². The Morgan fingerprint density at radius 3 is 2.12 bits per heavy atom. The molecule has 0 rings (SSSR count). The SMILES string of the molecule is C=C/C=C(\C=C/C)/N=N\C(C=C)=C\C=C/C. The van der Waals surface area contributed by atoms with Gasteiger partial charge in [-0.05, 0) is 38.2 Å². The van der Waals surface area contributed by atoms with E-state index in [-0.39, 0.29) is 0 Å². The monoisotopic (exact) mass is 214 g/mol. The first-order valence-corrected chi connectivity index (χ1v) is 5.11. The average Bonchev–Trinajstić information content (AvgIpc) is 2.30. The number of hydrogen-bond acceptors (Lipinski definition) is 2. The molecule has 0 amide bonds. The third kappa shape index (κ3) is 6.49. The summed E-state index contributed by atoms with van der Waals surface area (Å²) in [5.41, 5.74) is 1.48. The van der Waals surface area contributed by atoms with Gasteiger partial charge in [-0.3, -0.25) is 0 Å². The minimum atomic E-state index is 0.720. The van der Waals surface area contributed by atoms with Crippen molar-refractivity contribution in [3.8, 4) is 0 Å². The third-order valence-corrected chi connectivity index (χ3v) is 1.58. The zero-order valence-corrected chi connectivity index (χ0v) is 9.93. The zero-order chi connectivity index (χ0) is 12.2. The first-order valence-electron chi connectivity index (χ1n) is 5.11. The lowest BCUT2D eigenvalue weighted by atomic mass is 10.3. The van der Waals surface area contributed by atoms with E-state index in [0.29, 0.717) is 0 Å². The molecule has 16 heavy (non-hydrogen) atoms. The summed E-state index contributed by atoms with van der Waals surface area (Å²) in [5.74, 6) is 0. The van der Waals surface area contributed by atoms with Crippen LogP contribution in [0.3, 0.4) is 0 Å². The van der Waals surface area contributed by atoms with Crippen molar-refractivity contribution in [2.24, 2.45) is 10.2 Å². The molecule has 0 radical (unpaired) electrons. The first-order chi connectivity index (χ1) is 7.78. The van der Waals surface area contributed by atoms with Crippen molar-refractivity contribution >= 4 is 0 Å². The molecule has 0 N–H and O–H groups in total. The summed E-state index contributed by atoms with van der Waals surface area (Å²) >= 11 is 0. The molecule has 0 aliphatic rings. The molecule has 2 nitrogen and oxygen atoms in total. The van der Waals surface area contributed by atoms with Gasteiger partial charge in [-0.25, -0.2) is 0 Å². The van der Waals surface area contributed by atoms with Crippen LogP contribution >= 0.6 is 0 Å². The molecule has 0 unspecified atom stereocenters. The van der Waals surface area contributed by atoms with Gasteiger partial charge in [-0.15, -0.1) is 0 Å². The van der Waals surface area contributed by atoms with Gasteiger partial charge in [0.05, 0.1) is 11.4 Å². The zero-order valence-electron chi connectivity index (χ0n) is 9.93. The highest BCUT2D eigenvalue weighted by molar-refractivity contribution is 5.23. The maximum atomic E-state index is 4.08. The van der Waals surface area contributed by atoms with E-state index in [1.54, 1.807) is 18.2 Å². The van der Waals surface area contributed by atoms with Gasteiger partial charge < -0.3 is 0 Å². The van der Waals surface area contributed by atoms with Gasteiger partial charge in [0, 0.05) is 0 Å². The van der Waals surface area contributed by atoms with Crippen LogP contribution in [0.4, 0.5) is 0 Å². The lowest BCUT2D eigenvalue weighted by molar-refractivity contribution is 1.12. The predicted octanol–water partition coefficient (Wildman–Crippen LogP) is 4.73. The minimum absolute atomic E-state index is 0.720.